The lowest BCUT2D eigenvalue weighted by Gasteiger charge is -2.36. The molecule has 1 amide bonds. The number of nitrogens with zero attached hydrogens (tertiary/aromatic N) is 2. The number of benzene rings is 1. The molecule has 4 rings (SSSR count). The molecule has 1 aromatic heterocycles. The van der Waals surface area contributed by atoms with E-state index in [0.29, 0.717) is 32.6 Å². The van der Waals surface area contributed by atoms with Crippen molar-refractivity contribution in [2.24, 2.45) is 0 Å². The zero-order valence-corrected chi connectivity index (χ0v) is 18.3. The van der Waals surface area contributed by atoms with Gasteiger partial charge < -0.3 is 15.0 Å². The van der Waals surface area contributed by atoms with Gasteiger partial charge in [0.15, 0.2) is 0 Å². The van der Waals surface area contributed by atoms with E-state index in [1.807, 2.05) is 24.4 Å². The molecule has 0 bridgehead atoms. The van der Waals surface area contributed by atoms with Crippen molar-refractivity contribution >= 4 is 27.7 Å². The second-order valence-corrected chi connectivity index (χ2v) is 8.83. The minimum Gasteiger partial charge on any atom is -0.381 e. The molecule has 5 nitrogen and oxygen atoms in total. The van der Waals surface area contributed by atoms with E-state index in [9.17, 15) is 4.79 Å². The molecule has 0 radical (unpaired) electrons. The van der Waals surface area contributed by atoms with Crippen molar-refractivity contribution in [3.63, 3.8) is 0 Å². The number of piperidine rings is 1. The number of amides is 1. The summed E-state index contributed by atoms with van der Waals surface area (Å²) in [5, 5.41) is 3.23. The molecule has 2 aromatic rings. The van der Waals surface area contributed by atoms with Gasteiger partial charge in [0, 0.05) is 49.1 Å². The number of pyridine rings is 1. The molecular formula is C23H28BrN3O2. The van der Waals surface area contributed by atoms with Crippen LogP contribution in [0.15, 0.2) is 47.1 Å². The summed E-state index contributed by atoms with van der Waals surface area (Å²) in [6, 6.07) is 12.2. The van der Waals surface area contributed by atoms with Crippen LogP contribution in [0.25, 0.3) is 0 Å². The van der Waals surface area contributed by atoms with E-state index in [4.69, 9.17) is 4.74 Å². The van der Waals surface area contributed by atoms with Crippen molar-refractivity contribution in [2.75, 3.05) is 31.2 Å². The third-order valence-electron chi connectivity index (χ3n) is 6.14. The maximum atomic E-state index is 13.5. The molecule has 1 aromatic carbocycles. The summed E-state index contributed by atoms with van der Waals surface area (Å²) in [5.41, 5.74) is 1.61. The van der Waals surface area contributed by atoms with Gasteiger partial charge in [-0.25, -0.2) is 4.98 Å². The fourth-order valence-corrected chi connectivity index (χ4v) is 4.70. The first-order chi connectivity index (χ1) is 14.2. The zero-order valence-electron chi connectivity index (χ0n) is 16.7. The monoisotopic (exact) mass is 457 g/mol. The zero-order chi connectivity index (χ0) is 20.1. The molecule has 0 spiro atoms. The van der Waals surface area contributed by atoms with Crippen LogP contribution in [0.3, 0.4) is 0 Å². The highest BCUT2D eigenvalue weighted by atomic mass is 79.9. The first kappa shape index (κ1) is 20.4. The maximum absolute atomic E-state index is 13.5. The molecule has 0 atom stereocenters. The van der Waals surface area contributed by atoms with Gasteiger partial charge in [-0.2, -0.15) is 0 Å². The summed E-state index contributed by atoms with van der Waals surface area (Å²) in [7, 11) is 0. The Morgan fingerprint density at radius 1 is 1.10 bits per heavy atom. The van der Waals surface area contributed by atoms with Gasteiger partial charge in [0.05, 0.1) is 5.41 Å². The first-order valence-corrected chi connectivity index (χ1v) is 11.3. The summed E-state index contributed by atoms with van der Waals surface area (Å²) < 4.78 is 6.59. The van der Waals surface area contributed by atoms with Crippen molar-refractivity contribution < 1.29 is 9.53 Å². The van der Waals surface area contributed by atoms with E-state index in [2.05, 4.69) is 49.3 Å². The van der Waals surface area contributed by atoms with E-state index in [-0.39, 0.29) is 5.91 Å². The van der Waals surface area contributed by atoms with E-state index >= 15 is 0 Å². The molecule has 0 unspecified atom stereocenters. The molecule has 2 aliphatic heterocycles. The lowest BCUT2D eigenvalue weighted by molar-refractivity contribution is -0.130. The quantitative estimate of drug-likeness (QED) is 0.730. The number of ether oxygens (including phenoxy) is 1. The van der Waals surface area contributed by atoms with Gasteiger partial charge in [-0.05, 0) is 55.9 Å². The second-order valence-electron chi connectivity index (χ2n) is 7.92. The first-order valence-electron chi connectivity index (χ1n) is 10.5. The average Bonchev–Trinajstić information content (AvgIpc) is 2.79. The Morgan fingerprint density at radius 3 is 2.55 bits per heavy atom. The summed E-state index contributed by atoms with van der Waals surface area (Å²) in [5.74, 6) is 1.09. The minimum atomic E-state index is -0.535. The van der Waals surface area contributed by atoms with Gasteiger partial charge in [0.25, 0.3) is 0 Å². The van der Waals surface area contributed by atoms with E-state index in [0.717, 1.165) is 34.5 Å². The smallest absolute Gasteiger partial charge is 0.231 e. The molecule has 1 N–H and O–H groups in total. The summed E-state index contributed by atoms with van der Waals surface area (Å²) >= 11 is 3.49. The Balaban J connectivity index is 1.53. The van der Waals surface area contributed by atoms with Crippen LogP contribution in [0.4, 0.5) is 5.82 Å². The minimum absolute atomic E-state index is 0.0802. The number of carbonyl (C=O) groups is 1. The highest BCUT2D eigenvalue weighted by Gasteiger charge is 2.41. The Morgan fingerprint density at radius 2 is 1.83 bits per heavy atom. The van der Waals surface area contributed by atoms with Crippen LogP contribution in [0.1, 0.15) is 43.2 Å². The number of rotatable bonds is 5. The molecule has 2 fully saturated rings. The Kier molecular flexibility index (Phi) is 6.50. The van der Waals surface area contributed by atoms with Gasteiger partial charge in [-0.15, -0.1) is 0 Å². The van der Waals surface area contributed by atoms with Crippen molar-refractivity contribution in [3.8, 4) is 0 Å². The highest BCUT2D eigenvalue weighted by molar-refractivity contribution is 9.10. The molecule has 29 heavy (non-hydrogen) atoms. The third-order valence-corrected chi connectivity index (χ3v) is 6.67. The van der Waals surface area contributed by atoms with Gasteiger partial charge in [0.2, 0.25) is 5.91 Å². The van der Waals surface area contributed by atoms with Crippen LogP contribution in [0, 0.1) is 0 Å². The number of hydrogen-bond acceptors (Lipinski definition) is 4. The number of aromatic nitrogens is 1. The van der Waals surface area contributed by atoms with Gasteiger partial charge >= 0.3 is 0 Å². The number of anilines is 1. The van der Waals surface area contributed by atoms with Crippen molar-refractivity contribution in [3.05, 3.63) is 58.2 Å². The average molecular weight is 458 g/mol. The van der Waals surface area contributed by atoms with Crippen molar-refractivity contribution in [2.45, 2.75) is 44.1 Å². The fraction of sp³-hybridized carbons (Fsp3) is 0.478. The van der Waals surface area contributed by atoms with Crippen LogP contribution in [-0.2, 0) is 21.5 Å². The van der Waals surface area contributed by atoms with Crippen LogP contribution >= 0.6 is 15.9 Å². The third kappa shape index (κ3) is 4.48. The molecule has 0 saturated carbocycles. The number of nitrogens with one attached hydrogen (secondary N) is 1. The largest absolute Gasteiger partial charge is 0.381 e. The second kappa shape index (κ2) is 9.26. The molecule has 2 saturated heterocycles. The van der Waals surface area contributed by atoms with E-state index < -0.39 is 5.41 Å². The molecular weight excluding hydrogens is 430 g/mol. The standard InChI is InChI=1S/C23H28BrN3O2/c24-20-8-6-19(7-9-20)23(10-15-29-16-11-23)22(28)26-17-18-5-4-12-25-21(18)27-13-2-1-3-14-27/h4-9,12H,1-3,10-11,13-17H2,(H,26,28). The molecule has 0 aliphatic carbocycles. The molecule has 2 aliphatic rings. The molecule has 3 heterocycles. The fourth-order valence-electron chi connectivity index (χ4n) is 4.44. The normalized spacial score (nSPS) is 19.0. The molecule has 6 heteroatoms. The van der Waals surface area contributed by atoms with Crippen LogP contribution < -0.4 is 10.2 Å². The topological polar surface area (TPSA) is 54.5 Å². The maximum Gasteiger partial charge on any atom is 0.231 e. The van der Waals surface area contributed by atoms with Crippen LogP contribution in [-0.4, -0.2) is 37.2 Å². The lowest BCUT2D eigenvalue weighted by Crippen LogP contribution is -2.48. The van der Waals surface area contributed by atoms with E-state index in [1.54, 1.807) is 0 Å². The summed E-state index contributed by atoms with van der Waals surface area (Å²) in [6.45, 7) is 3.79. The predicted molar refractivity (Wildman–Crippen MR) is 118 cm³/mol. The number of carbonyl (C=O) groups excluding carboxylic acids is 1. The summed E-state index contributed by atoms with van der Waals surface area (Å²) in [6.07, 6.45) is 6.94. The lowest BCUT2D eigenvalue weighted by atomic mass is 9.73. The number of halogens is 1. The molecule has 154 valence electrons. The highest BCUT2D eigenvalue weighted by Crippen LogP contribution is 2.36. The van der Waals surface area contributed by atoms with Gasteiger partial charge in [-0.3, -0.25) is 4.79 Å². The SMILES string of the molecule is O=C(NCc1cccnc1N1CCCCC1)C1(c2ccc(Br)cc2)CCOCC1. The Labute approximate surface area is 181 Å². The Hall–Kier alpha value is -1.92. The van der Waals surface area contributed by atoms with Gasteiger partial charge in [0.1, 0.15) is 5.82 Å². The van der Waals surface area contributed by atoms with Crippen molar-refractivity contribution in [1.29, 1.82) is 0 Å². The van der Waals surface area contributed by atoms with E-state index in [1.165, 1.54) is 19.3 Å². The Bertz CT molecular complexity index is 828. The number of hydrogen-bond donors (Lipinski definition) is 1. The van der Waals surface area contributed by atoms with Gasteiger partial charge in [-0.1, -0.05) is 34.1 Å². The predicted octanol–water partition coefficient (Wildman–Crippen LogP) is 4.20. The van der Waals surface area contributed by atoms with Crippen LogP contribution in [0.5, 0.6) is 0 Å². The summed E-state index contributed by atoms with van der Waals surface area (Å²) in [4.78, 5) is 20.4. The van der Waals surface area contributed by atoms with Crippen LogP contribution in [0.2, 0.25) is 0 Å². The van der Waals surface area contributed by atoms with Crippen molar-refractivity contribution in [1.82, 2.24) is 10.3 Å².